The van der Waals surface area contributed by atoms with Gasteiger partial charge in [-0.25, -0.2) is 23.2 Å². The number of hydroxylamine groups is 2. The number of carbonyl (C=O) groups is 2. The molecule has 1 heterocycles. The van der Waals surface area contributed by atoms with E-state index < -0.39 is 46.1 Å². The molecule has 0 radical (unpaired) electrons. The highest BCUT2D eigenvalue weighted by Crippen LogP contribution is 2.38. The molecule has 13 heteroatoms. The third-order valence-electron chi connectivity index (χ3n) is 4.96. The van der Waals surface area contributed by atoms with Crippen LogP contribution in [0.1, 0.15) is 0 Å². The smallest absolute Gasteiger partial charge is 0.355 e. The Morgan fingerprint density at radius 3 is 2.50 bits per heavy atom. The lowest BCUT2D eigenvalue weighted by molar-refractivity contribution is -0.384. The van der Waals surface area contributed by atoms with Crippen LogP contribution in [0.5, 0.6) is 5.75 Å². The molecule has 0 bridgehead atoms. The molecule has 0 saturated carbocycles. The highest BCUT2D eigenvalue weighted by molar-refractivity contribution is 5.95. The molecule has 178 valence electrons. The lowest BCUT2D eigenvalue weighted by Crippen LogP contribution is -2.58. The van der Waals surface area contributed by atoms with Crippen molar-refractivity contribution in [3.8, 4) is 5.75 Å². The molecule has 2 amide bonds. The van der Waals surface area contributed by atoms with E-state index >= 15 is 0 Å². The number of hydrogen-bond donors (Lipinski definition) is 1. The van der Waals surface area contributed by atoms with E-state index in [0.717, 1.165) is 31.4 Å². The zero-order valence-electron chi connectivity index (χ0n) is 17.7. The Hall–Kier alpha value is -4.35. The molecule has 1 aliphatic carbocycles. The number of allylic oxidation sites excluding steroid dienone is 3. The lowest BCUT2D eigenvalue weighted by atomic mass is 9.82. The van der Waals surface area contributed by atoms with Gasteiger partial charge in [-0.1, -0.05) is 6.08 Å². The standard InChI is InChI=1S/C21H17F2N3O8/c1-32-10-16-17(20(28)33-2)19(13-7-8-15(22)18(23)14(13)9-27)25(21(29)24-16)34-12-5-3-11(4-6-12)26(30)31/h3-8,13,19H,10H2,1-2H3,(H,24,29). The minimum atomic E-state index is -1.53. The second-order valence-electron chi connectivity index (χ2n) is 6.92. The maximum Gasteiger partial charge on any atom is 0.355 e. The number of nitrogens with one attached hydrogen (secondary N) is 1. The van der Waals surface area contributed by atoms with Crippen molar-refractivity contribution in [1.82, 2.24) is 10.4 Å². The van der Waals surface area contributed by atoms with Gasteiger partial charge in [-0.15, -0.1) is 5.06 Å². The van der Waals surface area contributed by atoms with Crippen LogP contribution in [0.2, 0.25) is 0 Å². The van der Waals surface area contributed by atoms with E-state index in [-0.39, 0.29) is 29.3 Å². The minimum Gasteiger partial charge on any atom is -0.466 e. The SMILES string of the molecule is COCC1=C(C(=O)OC)C(C2C=CC(F)=C(F)C2=C=O)N(Oc2ccc([N+](=O)[O-])cc2)C(=O)N1. The van der Waals surface area contributed by atoms with Gasteiger partial charge in [0, 0.05) is 25.2 Å². The molecule has 1 aromatic rings. The van der Waals surface area contributed by atoms with Crippen LogP contribution in [0.4, 0.5) is 19.3 Å². The van der Waals surface area contributed by atoms with Crippen LogP contribution in [0.25, 0.3) is 0 Å². The second-order valence-corrected chi connectivity index (χ2v) is 6.92. The van der Waals surface area contributed by atoms with Crippen molar-refractivity contribution in [1.29, 1.82) is 0 Å². The first-order chi connectivity index (χ1) is 16.2. The fourth-order valence-corrected chi connectivity index (χ4v) is 3.46. The summed E-state index contributed by atoms with van der Waals surface area (Å²) in [4.78, 5) is 53.0. The number of non-ortho nitro benzene ring substituents is 1. The van der Waals surface area contributed by atoms with Gasteiger partial charge in [-0.05, 0) is 18.2 Å². The van der Waals surface area contributed by atoms with Gasteiger partial charge in [0.1, 0.15) is 12.0 Å². The first-order valence-electron chi connectivity index (χ1n) is 9.55. The summed E-state index contributed by atoms with van der Waals surface area (Å²) in [6, 6.07) is 2.10. The maximum absolute atomic E-state index is 14.4. The van der Waals surface area contributed by atoms with Crippen LogP contribution in [0, 0.1) is 16.0 Å². The van der Waals surface area contributed by atoms with Gasteiger partial charge in [-0.3, -0.25) is 10.1 Å². The summed E-state index contributed by atoms with van der Waals surface area (Å²) in [5.74, 6) is -3.97. The molecule has 1 aromatic carbocycles. The zero-order valence-corrected chi connectivity index (χ0v) is 17.7. The van der Waals surface area contributed by atoms with Crippen molar-refractivity contribution in [3.05, 3.63) is 75.0 Å². The van der Waals surface area contributed by atoms with Gasteiger partial charge in [0.15, 0.2) is 17.4 Å². The number of rotatable bonds is 7. The van der Waals surface area contributed by atoms with Gasteiger partial charge in [0.25, 0.3) is 5.69 Å². The minimum absolute atomic E-state index is 0.0537. The Bertz CT molecular complexity index is 1170. The quantitative estimate of drug-likeness (QED) is 0.274. The Labute approximate surface area is 190 Å². The summed E-state index contributed by atoms with van der Waals surface area (Å²) in [6.45, 7) is -0.276. The third kappa shape index (κ3) is 4.56. The van der Waals surface area contributed by atoms with E-state index in [1.165, 1.54) is 25.2 Å². The predicted molar refractivity (Wildman–Crippen MR) is 110 cm³/mol. The summed E-state index contributed by atoms with van der Waals surface area (Å²) in [5.41, 5.74) is -1.37. The monoisotopic (exact) mass is 477 g/mol. The normalized spacial score (nSPS) is 20.2. The number of esters is 1. The Balaban J connectivity index is 2.15. The van der Waals surface area contributed by atoms with E-state index in [9.17, 15) is 33.3 Å². The van der Waals surface area contributed by atoms with Crippen LogP contribution in [-0.4, -0.2) is 54.8 Å². The molecular weight excluding hydrogens is 460 g/mol. The summed E-state index contributed by atoms with van der Waals surface area (Å²) in [7, 11) is 2.35. The van der Waals surface area contributed by atoms with Crippen molar-refractivity contribution >= 4 is 23.6 Å². The number of halogens is 2. The van der Waals surface area contributed by atoms with Crippen molar-refractivity contribution in [2.45, 2.75) is 6.04 Å². The van der Waals surface area contributed by atoms with Crippen LogP contribution in [0.3, 0.4) is 0 Å². The van der Waals surface area contributed by atoms with E-state index in [1.807, 2.05) is 0 Å². The van der Waals surface area contributed by atoms with Gasteiger partial charge < -0.3 is 19.6 Å². The van der Waals surface area contributed by atoms with E-state index in [4.69, 9.17) is 14.3 Å². The number of methoxy groups -OCH3 is 2. The van der Waals surface area contributed by atoms with Crippen LogP contribution >= 0.6 is 0 Å². The van der Waals surface area contributed by atoms with Crippen molar-refractivity contribution in [2.24, 2.45) is 5.92 Å². The number of hydrogen-bond acceptors (Lipinski definition) is 8. The number of ether oxygens (including phenoxy) is 2. The topological polar surface area (TPSA) is 137 Å². The molecule has 11 nitrogen and oxygen atoms in total. The predicted octanol–water partition coefficient (Wildman–Crippen LogP) is 2.45. The second kappa shape index (κ2) is 10.1. The van der Waals surface area contributed by atoms with Crippen molar-refractivity contribution in [3.63, 3.8) is 0 Å². The molecule has 1 N–H and O–H groups in total. The molecular formula is C21H17F2N3O8. The number of nitro benzene ring substituents is 1. The fourth-order valence-electron chi connectivity index (χ4n) is 3.46. The lowest BCUT2D eigenvalue weighted by Gasteiger charge is -2.40. The Morgan fingerprint density at radius 1 is 1.26 bits per heavy atom. The van der Waals surface area contributed by atoms with Gasteiger partial charge in [0.05, 0.1) is 35.5 Å². The van der Waals surface area contributed by atoms with Crippen LogP contribution in [-0.2, 0) is 19.1 Å². The maximum atomic E-state index is 14.4. The summed E-state index contributed by atoms with van der Waals surface area (Å²) >= 11 is 0. The summed E-state index contributed by atoms with van der Waals surface area (Å²) in [5, 5.41) is 13.9. The molecule has 3 rings (SSSR count). The van der Waals surface area contributed by atoms with E-state index in [0.29, 0.717) is 5.06 Å². The first-order valence-corrected chi connectivity index (χ1v) is 9.55. The average molecular weight is 477 g/mol. The molecule has 2 aliphatic rings. The largest absolute Gasteiger partial charge is 0.466 e. The number of urea groups is 1. The molecule has 0 aromatic heterocycles. The molecule has 2 atom stereocenters. The number of carbonyl (C=O) groups excluding carboxylic acids is 3. The molecule has 1 aliphatic heterocycles. The average Bonchev–Trinajstić information content (AvgIpc) is 2.82. The highest BCUT2D eigenvalue weighted by Gasteiger charge is 2.47. The molecule has 0 spiro atoms. The van der Waals surface area contributed by atoms with E-state index in [1.54, 1.807) is 0 Å². The van der Waals surface area contributed by atoms with Gasteiger partial charge in [0.2, 0.25) is 0 Å². The Kier molecular flexibility index (Phi) is 7.19. The van der Waals surface area contributed by atoms with E-state index in [2.05, 4.69) is 5.32 Å². The molecule has 34 heavy (non-hydrogen) atoms. The highest BCUT2D eigenvalue weighted by atomic mass is 19.2. The molecule has 0 saturated heterocycles. The van der Waals surface area contributed by atoms with Crippen LogP contribution < -0.4 is 10.2 Å². The molecule has 0 fully saturated rings. The molecule has 2 unspecified atom stereocenters. The third-order valence-corrected chi connectivity index (χ3v) is 4.96. The number of amides is 2. The first kappa shape index (κ1) is 24.3. The number of nitro groups is 1. The van der Waals surface area contributed by atoms with Crippen molar-refractivity contribution in [2.75, 3.05) is 20.8 Å². The Morgan fingerprint density at radius 2 is 1.94 bits per heavy atom. The fraction of sp³-hybridized carbons (Fsp3) is 0.238. The summed E-state index contributed by atoms with van der Waals surface area (Å²) in [6.07, 6.45) is 1.81. The summed E-state index contributed by atoms with van der Waals surface area (Å²) < 4.78 is 38.1. The zero-order chi connectivity index (χ0) is 25.0. The number of benzene rings is 1. The van der Waals surface area contributed by atoms with Gasteiger partial charge in [-0.2, -0.15) is 0 Å². The van der Waals surface area contributed by atoms with Crippen molar-refractivity contribution < 1.29 is 42.4 Å². The van der Waals surface area contributed by atoms with Gasteiger partial charge >= 0.3 is 12.0 Å². The number of nitrogens with zero attached hydrogens (tertiary/aromatic N) is 2. The van der Waals surface area contributed by atoms with Crippen LogP contribution in [0.15, 0.2) is 64.9 Å².